The molecule has 0 aliphatic carbocycles. The molecule has 6 nitrogen and oxygen atoms in total. The minimum atomic E-state index is 0.555. The minimum absolute atomic E-state index is 0.555. The van der Waals surface area contributed by atoms with E-state index in [1.165, 1.54) is 4.68 Å². The number of nitrogens with two attached hydrogens (primary N) is 1. The van der Waals surface area contributed by atoms with Gasteiger partial charge in [0.15, 0.2) is 0 Å². The van der Waals surface area contributed by atoms with E-state index < -0.39 is 0 Å². The SMILES string of the molecule is CCCCSc1nnc(-n2nc(C)cc2C)n1N. The third kappa shape index (κ3) is 2.50. The van der Waals surface area contributed by atoms with Gasteiger partial charge in [0, 0.05) is 11.4 Å². The predicted molar refractivity (Wildman–Crippen MR) is 72.4 cm³/mol. The van der Waals surface area contributed by atoms with E-state index in [0.29, 0.717) is 5.95 Å². The lowest BCUT2D eigenvalue weighted by atomic mass is 10.4. The quantitative estimate of drug-likeness (QED) is 0.506. The number of rotatable bonds is 5. The van der Waals surface area contributed by atoms with Gasteiger partial charge in [0.05, 0.1) is 5.69 Å². The van der Waals surface area contributed by atoms with E-state index in [4.69, 9.17) is 5.84 Å². The Balaban J connectivity index is 2.22. The van der Waals surface area contributed by atoms with Gasteiger partial charge < -0.3 is 5.84 Å². The van der Waals surface area contributed by atoms with Crippen molar-refractivity contribution in [3.8, 4) is 5.95 Å². The maximum absolute atomic E-state index is 6.01. The van der Waals surface area contributed by atoms with Crippen LogP contribution in [0.25, 0.3) is 5.95 Å². The van der Waals surface area contributed by atoms with E-state index in [9.17, 15) is 0 Å². The van der Waals surface area contributed by atoms with Gasteiger partial charge in [0.2, 0.25) is 5.16 Å². The van der Waals surface area contributed by atoms with Gasteiger partial charge in [-0.3, -0.25) is 0 Å². The number of aromatic nitrogens is 5. The Morgan fingerprint density at radius 3 is 2.72 bits per heavy atom. The first-order chi connectivity index (χ1) is 8.63. The molecule has 0 fully saturated rings. The zero-order valence-corrected chi connectivity index (χ0v) is 11.7. The van der Waals surface area contributed by atoms with Gasteiger partial charge in [-0.05, 0) is 26.3 Å². The normalized spacial score (nSPS) is 11.1. The van der Waals surface area contributed by atoms with Crippen molar-refractivity contribution in [3.63, 3.8) is 0 Å². The summed E-state index contributed by atoms with van der Waals surface area (Å²) < 4.78 is 3.21. The molecule has 2 aromatic rings. The fourth-order valence-electron chi connectivity index (χ4n) is 1.65. The van der Waals surface area contributed by atoms with Gasteiger partial charge in [0.25, 0.3) is 5.95 Å². The molecule has 0 atom stereocenters. The molecule has 0 aromatic carbocycles. The molecule has 18 heavy (non-hydrogen) atoms. The highest BCUT2D eigenvalue weighted by molar-refractivity contribution is 7.99. The topological polar surface area (TPSA) is 74.5 Å². The number of unbranched alkanes of at least 4 members (excludes halogenated alkanes) is 1. The summed E-state index contributed by atoms with van der Waals surface area (Å²) in [5.74, 6) is 7.56. The van der Waals surface area contributed by atoms with Gasteiger partial charge in [-0.2, -0.15) is 5.10 Å². The maximum atomic E-state index is 6.01. The standard InChI is InChI=1S/C11H18N6S/c1-4-5-6-18-11-14-13-10(16(11)12)17-9(3)7-8(2)15-17/h7H,4-6,12H2,1-3H3. The predicted octanol–water partition coefficient (Wildman–Crippen LogP) is 1.69. The molecule has 0 bridgehead atoms. The molecule has 2 aromatic heterocycles. The molecule has 0 radical (unpaired) electrons. The number of hydrogen-bond donors (Lipinski definition) is 1. The molecular weight excluding hydrogens is 248 g/mol. The van der Waals surface area contributed by atoms with Crippen LogP contribution in [0, 0.1) is 13.8 Å². The van der Waals surface area contributed by atoms with Crippen molar-refractivity contribution in [1.82, 2.24) is 24.7 Å². The van der Waals surface area contributed by atoms with Crippen molar-refractivity contribution in [2.45, 2.75) is 38.8 Å². The average Bonchev–Trinajstić information content (AvgIpc) is 2.83. The highest BCUT2D eigenvalue weighted by Gasteiger charge is 2.14. The highest BCUT2D eigenvalue weighted by Crippen LogP contribution is 2.18. The molecular formula is C11H18N6S. The Morgan fingerprint density at radius 2 is 2.11 bits per heavy atom. The molecule has 0 unspecified atom stereocenters. The third-order valence-corrected chi connectivity index (χ3v) is 3.60. The zero-order chi connectivity index (χ0) is 13.1. The number of nitrogen functional groups attached to an aromatic ring is 1. The van der Waals surface area contributed by atoms with Gasteiger partial charge in [-0.15, -0.1) is 10.2 Å². The van der Waals surface area contributed by atoms with Crippen LogP contribution in [0.5, 0.6) is 0 Å². The lowest BCUT2D eigenvalue weighted by molar-refractivity contribution is 0.726. The van der Waals surface area contributed by atoms with Crippen LogP contribution in [-0.2, 0) is 0 Å². The molecule has 0 amide bonds. The zero-order valence-electron chi connectivity index (χ0n) is 10.9. The average molecular weight is 266 g/mol. The van der Waals surface area contributed by atoms with Crippen molar-refractivity contribution in [2.24, 2.45) is 0 Å². The molecule has 0 aliphatic heterocycles. The number of nitrogens with zero attached hydrogens (tertiary/aromatic N) is 5. The fourth-order valence-corrected chi connectivity index (χ4v) is 2.59. The molecule has 2 N–H and O–H groups in total. The van der Waals surface area contributed by atoms with Crippen molar-refractivity contribution >= 4 is 11.8 Å². The summed E-state index contributed by atoms with van der Waals surface area (Å²) in [5.41, 5.74) is 1.94. The summed E-state index contributed by atoms with van der Waals surface area (Å²) in [6.07, 6.45) is 2.31. The maximum Gasteiger partial charge on any atom is 0.271 e. The second-order valence-corrected chi connectivity index (χ2v) is 5.26. The Morgan fingerprint density at radius 1 is 1.33 bits per heavy atom. The molecule has 0 aliphatic rings. The second-order valence-electron chi connectivity index (χ2n) is 4.19. The molecule has 98 valence electrons. The van der Waals surface area contributed by atoms with E-state index >= 15 is 0 Å². The smallest absolute Gasteiger partial charge is 0.271 e. The summed E-state index contributed by atoms with van der Waals surface area (Å²) in [4.78, 5) is 0. The monoisotopic (exact) mass is 266 g/mol. The first-order valence-electron chi connectivity index (χ1n) is 6.00. The van der Waals surface area contributed by atoms with Gasteiger partial charge in [0.1, 0.15) is 0 Å². The van der Waals surface area contributed by atoms with Crippen molar-refractivity contribution in [3.05, 3.63) is 17.5 Å². The number of hydrogen-bond acceptors (Lipinski definition) is 5. The lowest BCUT2D eigenvalue weighted by Crippen LogP contribution is -2.17. The van der Waals surface area contributed by atoms with E-state index in [1.807, 2.05) is 19.9 Å². The van der Waals surface area contributed by atoms with E-state index in [1.54, 1.807) is 16.4 Å². The van der Waals surface area contributed by atoms with E-state index in [0.717, 1.165) is 35.1 Å². The molecule has 0 saturated heterocycles. The third-order valence-electron chi connectivity index (χ3n) is 2.57. The van der Waals surface area contributed by atoms with Crippen LogP contribution in [0.4, 0.5) is 0 Å². The summed E-state index contributed by atoms with van der Waals surface area (Å²) in [5, 5.41) is 13.3. The molecule has 0 saturated carbocycles. The largest absolute Gasteiger partial charge is 0.334 e. The second kappa shape index (κ2) is 5.43. The van der Waals surface area contributed by atoms with E-state index in [2.05, 4.69) is 22.2 Å². The summed E-state index contributed by atoms with van der Waals surface area (Å²) in [6, 6.07) is 1.98. The van der Waals surface area contributed by atoms with Crippen LogP contribution >= 0.6 is 11.8 Å². The van der Waals surface area contributed by atoms with Crippen LogP contribution in [0.1, 0.15) is 31.2 Å². The summed E-state index contributed by atoms with van der Waals surface area (Å²) >= 11 is 1.62. The lowest BCUT2D eigenvalue weighted by Gasteiger charge is -2.04. The van der Waals surface area contributed by atoms with Crippen molar-refractivity contribution in [1.29, 1.82) is 0 Å². The molecule has 0 spiro atoms. The van der Waals surface area contributed by atoms with Crippen LogP contribution in [0.2, 0.25) is 0 Å². The Bertz CT molecular complexity index is 530. The fraction of sp³-hybridized carbons (Fsp3) is 0.545. The summed E-state index contributed by atoms with van der Waals surface area (Å²) in [7, 11) is 0. The van der Waals surface area contributed by atoms with Crippen LogP contribution in [0.3, 0.4) is 0 Å². The highest BCUT2D eigenvalue weighted by atomic mass is 32.2. The number of thioether (sulfide) groups is 1. The van der Waals surface area contributed by atoms with Crippen LogP contribution < -0.4 is 5.84 Å². The van der Waals surface area contributed by atoms with Crippen LogP contribution in [0.15, 0.2) is 11.2 Å². The summed E-state index contributed by atoms with van der Waals surface area (Å²) in [6.45, 7) is 6.07. The van der Waals surface area contributed by atoms with Gasteiger partial charge in [-0.1, -0.05) is 25.1 Å². The first-order valence-corrected chi connectivity index (χ1v) is 6.99. The molecule has 7 heteroatoms. The minimum Gasteiger partial charge on any atom is -0.334 e. The molecule has 2 rings (SSSR count). The Kier molecular flexibility index (Phi) is 3.90. The van der Waals surface area contributed by atoms with Crippen molar-refractivity contribution < 1.29 is 0 Å². The Labute approximate surface area is 111 Å². The first kappa shape index (κ1) is 12.9. The van der Waals surface area contributed by atoms with Crippen LogP contribution in [-0.4, -0.2) is 30.4 Å². The van der Waals surface area contributed by atoms with Gasteiger partial charge >= 0.3 is 0 Å². The van der Waals surface area contributed by atoms with E-state index in [-0.39, 0.29) is 0 Å². The Hall–Kier alpha value is -1.50. The van der Waals surface area contributed by atoms with Gasteiger partial charge in [-0.25, -0.2) is 9.36 Å². The van der Waals surface area contributed by atoms with Crippen molar-refractivity contribution in [2.75, 3.05) is 11.6 Å². The molecule has 2 heterocycles. The number of aryl methyl sites for hydroxylation is 2.